The van der Waals surface area contributed by atoms with Gasteiger partial charge >= 0.3 is 6.18 Å². The molecule has 1 heterocycles. The first-order chi connectivity index (χ1) is 12.7. The molecule has 0 saturated carbocycles. The molecule has 1 aromatic carbocycles. The number of hydrogen-bond acceptors (Lipinski definition) is 4. The molecule has 0 bridgehead atoms. The lowest BCUT2D eigenvalue weighted by molar-refractivity contribution is -0.153. The maximum absolute atomic E-state index is 12.3. The Hall–Kier alpha value is -2.71. The second kappa shape index (κ2) is 8.79. The number of ether oxygens (including phenoxy) is 2. The number of aryl methyl sites for hydroxylation is 1. The molecule has 1 N–H and O–H groups in total. The minimum absolute atomic E-state index is 0.00358. The molecular formula is C18H22F3N3O3. The number of amides is 1. The zero-order valence-electron chi connectivity index (χ0n) is 15.3. The van der Waals surface area contributed by atoms with Crippen LogP contribution in [0.25, 0.3) is 0 Å². The third-order valence-corrected chi connectivity index (χ3v) is 3.69. The number of alkyl halides is 3. The molecule has 2 aromatic rings. The summed E-state index contributed by atoms with van der Waals surface area (Å²) in [6.45, 7) is 2.52. The summed E-state index contributed by atoms with van der Waals surface area (Å²) in [7, 11) is 1.35. The molecule has 0 aliphatic rings. The molecule has 0 aliphatic heterocycles. The summed E-state index contributed by atoms with van der Waals surface area (Å²) in [6, 6.07) is 6.42. The number of rotatable bonds is 8. The van der Waals surface area contributed by atoms with Crippen molar-refractivity contribution in [2.45, 2.75) is 38.9 Å². The lowest BCUT2D eigenvalue weighted by atomic mass is 10.1. The van der Waals surface area contributed by atoms with Crippen LogP contribution in [0.5, 0.6) is 11.5 Å². The molecule has 9 heteroatoms. The second-order valence-electron chi connectivity index (χ2n) is 6.19. The average Bonchev–Trinajstić information content (AvgIpc) is 3.06. The summed E-state index contributed by atoms with van der Waals surface area (Å²) in [5.74, 6) is 0.621. The molecule has 0 fully saturated rings. The van der Waals surface area contributed by atoms with Gasteiger partial charge in [0.1, 0.15) is 5.82 Å². The van der Waals surface area contributed by atoms with Crippen LogP contribution >= 0.6 is 0 Å². The van der Waals surface area contributed by atoms with E-state index in [9.17, 15) is 18.0 Å². The van der Waals surface area contributed by atoms with E-state index in [1.165, 1.54) is 13.2 Å². The van der Waals surface area contributed by atoms with Gasteiger partial charge in [0.15, 0.2) is 18.1 Å². The topological polar surface area (TPSA) is 65.4 Å². The maximum Gasteiger partial charge on any atom is 0.422 e. The van der Waals surface area contributed by atoms with Gasteiger partial charge < -0.3 is 14.8 Å². The Labute approximate surface area is 155 Å². The Morgan fingerprint density at radius 1 is 1.26 bits per heavy atom. The van der Waals surface area contributed by atoms with Crippen LogP contribution in [0.15, 0.2) is 30.5 Å². The van der Waals surface area contributed by atoms with Gasteiger partial charge in [-0.2, -0.15) is 18.3 Å². The Morgan fingerprint density at radius 2 is 2.00 bits per heavy atom. The van der Waals surface area contributed by atoms with E-state index in [4.69, 9.17) is 9.47 Å². The van der Waals surface area contributed by atoms with Gasteiger partial charge in [-0.25, -0.2) is 4.68 Å². The minimum Gasteiger partial charge on any atom is -0.493 e. The molecule has 0 aliphatic carbocycles. The zero-order chi connectivity index (χ0) is 20.0. The predicted octanol–water partition coefficient (Wildman–Crippen LogP) is 3.99. The highest BCUT2D eigenvalue weighted by atomic mass is 19.4. The standard InChI is InChI=1S/C18H22F3N3O3/c1-12(2)24-16(8-9-22-24)23-17(25)7-5-13-4-6-14(15(10-13)26-3)27-11-18(19,20)21/h4,6,8-10,12H,5,7,11H2,1-3H3,(H,23,25). The van der Waals surface area contributed by atoms with E-state index in [0.29, 0.717) is 12.2 Å². The van der Waals surface area contributed by atoms with Crippen LogP contribution in [-0.4, -0.2) is 35.6 Å². The lowest BCUT2D eigenvalue weighted by Crippen LogP contribution is -2.19. The van der Waals surface area contributed by atoms with E-state index in [1.807, 2.05) is 13.8 Å². The van der Waals surface area contributed by atoms with Gasteiger partial charge in [-0.3, -0.25) is 4.79 Å². The summed E-state index contributed by atoms with van der Waals surface area (Å²) in [5.41, 5.74) is 0.749. The summed E-state index contributed by atoms with van der Waals surface area (Å²) in [5, 5.41) is 6.95. The average molecular weight is 385 g/mol. The first kappa shape index (κ1) is 20.6. The third kappa shape index (κ3) is 6.19. The van der Waals surface area contributed by atoms with Gasteiger partial charge in [-0.05, 0) is 38.0 Å². The number of nitrogens with one attached hydrogen (secondary N) is 1. The van der Waals surface area contributed by atoms with Gasteiger partial charge in [0, 0.05) is 18.5 Å². The van der Waals surface area contributed by atoms with Crippen molar-refractivity contribution in [1.29, 1.82) is 0 Å². The molecule has 27 heavy (non-hydrogen) atoms. The van der Waals surface area contributed by atoms with Crippen LogP contribution in [0.1, 0.15) is 31.9 Å². The number of methoxy groups -OCH3 is 1. The number of benzene rings is 1. The second-order valence-corrected chi connectivity index (χ2v) is 6.19. The Morgan fingerprint density at radius 3 is 2.63 bits per heavy atom. The smallest absolute Gasteiger partial charge is 0.422 e. The van der Waals surface area contributed by atoms with E-state index in [2.05, 4.69) is 10.4 Å². The molecule has 0 atom stereocenters. The monoisotopic (exact) mass is 385 g/mol. The molecule has 1 amide bonds. The molecule has 1 aromatic heterocycles. The summed E-state index contributed by atoms with van der Waals surface area (Å²) < 4.78 is 48.4. The van der Waals surface area contributed by atoms with Crippen molar-refractivity contribution in [3.63, 3.8) is 0 Å². The number of hydrogen-bond donors (Lipinski definition) is 1. The SMILES string of the molecule is COc1cc(CCC(=O)Nc2ccnn2C(C)C)ccc1OCC(F)(F)F. The van der Waals surface area contributed by atoms with E-state index in [0.717, 1.165) is 5.56 Å². The van der Waals surface area contributed by atoms with Crippen molar-refractivity contribution in [2.24, 2.45) is 0 Å². The molecule has 2 rings (SSSR count). The van der Waals surface area contributed by atoms with E-state index < -0.39 is 12.8 Å². The summed E-state index contributed by atoms with van der Waals surface area (Å²) in [4.78, 5) is 12.2. The fourth-order valence-electron chi connectivity index (χ4n) is 2.43. The molecule has 148 valence electrons. The normalized spacial score (nSPS) is 11.5. The third-order valence-electron chi connectivity index (χ3n) is 3.69. The molecule has 0 spiro atoms. The quantitative estimate of drug-likeness (QED) is 0.746. The fourth-order valence-corrected chi connectivity index (χ4v) is 2.43. The number of carbonyl (C=O) groups excluding carboxylic acids is 1. The van der Waals surface area contributed by atoms with Crippen LogP contribution in [0, 0.1) is 0 Å². The van der Waals surface area contributed by atoms with E-state index in [1.54, 1.807) is 29.1 Å². The largest absolute Gasteiger partial charge is 0.493 e. The Bertz CT molecular complexity index is 773. The van der Waals surface area contributed by atoms with Crippen LogP contribution in [0.2, 0.25) is 0 Å². The minimum atomic E-state index is -4.43. The van der Waals surface area contributed by atoms with Crippen molar-refractivity contribution >= 4 is 11.7 Å². The van der Waals surface area contributed by atoms with Crippen LogP contribution in [-0.2, 0) is 11.2 Å². The van der Waals surface area contributed by atoms with Crippen molar-refractivity contribution in [3.8, 4) is 11.5 Å². The Kier molecular flexibility index (Phi) is 6.70. The zero-order valence-corrected chi connectivity index (χ0v) is 15.3. The van der Waals surface area contributed by atoms with Crippen molar-refractivity contribution in [1.82, 2.24) is 9.78 Å². The first-order valence-corrected chi connectivity index (χ1v) is 8.39. The van der Waals surface area contributed by atoms with Crippen molar-refractivity contribution < 1.29 is 27.4 Å². The first-order valence-electron chi connectivity index (χ1n) is 8.39. The number of aromatic nitrogens is 2. The van der Waals surface area contributed by atoms with E-state index >= 15 is 0 Å². The van der Waals surface area contributed by atoms with E-state index in [-0.39, 0.29) is 29.9 Å². The number of nitrogens with zero attached hydrogens (tertiary/aromatic N) is 2. The number of carbonyl (C=O) groups is 1. The fraction of sp³-hybridized carbons (Fsp3) is 0.444. The highest BCUT2D eigenvalue weighted by Crippen LogP contribution is 2.30. The predicted molar refractivity (Wildman–Crippen MR) is 94.1 cm³/mol. The van der Waals surface area contributed by atoms with Crippen LogP contribution < -0.4 is 14.8 Å². The van der Waals surface area contributed by atoms with Gasteiger partial charge in [0.2, 0.25) is 5.91 Å². The number of anilines is 1. The molecular weight excluding hydrogens is 363 g/mol. The highest BCUT2D eigenvalue weighted by Gasteiger charge is 2.29. The molecule has 0 unspecified atom stereocenters. The molecule has 6 nitrogen and oxygen atoms in total. The Balaban J connectivity index is 1.95. The number of halogens is 3. The molecule has 0 saturated heterocycles. The summed E-state index contributed by atoms with van der Waals surface area (Å²) in [6.07, 6.45) is -2.21. The van der Waals surface area contributed by atoms with Crippen LogP contribution in [0.3, 0.4) is 0 Å². The summed E-state index contributed by atoms with van der Waals surface area (Å²) >= 11 is 0. The van der Waals surface area contributed by atoms with Crippen molar-refractivity contribution in [2.75, 3.05) is 19.0 Å². The lowest BCUT2D eigenvalue weighted by Gasteiger charge is -2.14. The van der Waals surface area contributed by atoms with Gasteiger partial charge in [-0.15, -0.1) is 0 Å². The van der Waals surface area contributed by atoms with Gasteiger partial charge in [0.25, 0.3) is 0 Å². The van der Waals surface area contributed by atoms with Crippen LogP contribution in [0.4, 0.5) is 19.0 Å². The molecule has 0 radical (unpaired) electrons. The maximum atomic E-state index is 12.3. The van der Waals surface area contributed by atoms with Gasteiger partial charge in [-0.1, -0.05) is 6.07 Å². The highest BCUT2D eigenvalue weighted by molar-refractivity contribution is 5.90. The van der Waals surface area contributed by atoms with Gasteiger partial charge in [0.05, 0.1) is 13.3 Å². The van der Waals surface area contributed by atoms with Crippen molar-refractivity contribution in [3.05, 3.63) is 36.0 Å².